The van der Waals surface area contributed by atoms with Gasteiger partial charge in [-0.2, -0.15) is 5.10 Å². The number of aromatic nitrogens is 6. The summed E-state index contributed by atoms with van der Waals surface area (Å²) < 4.78 is 2.00. The fourth-order valence-corrected chi connectivity index (χ4v) is 3.61. The quantitative estimate of drug-likeness (QED) is 0.753. The largest absolute Gasteiger partial charge is 0.362 e. The van der Waals surface area contributed by atoms with Crippen LogP contribution in [-0.4, -0.2) is 36.7 Å². The maximum Gasteiger partial charge on any atom is 0.285 e. The zero-order valence-electron chi connectivity index (χ0n) is 14.3. The lowest BCUT2D eigenvalue weighted by Crippen LogP contribution is -2.33. The third kappa shape index (κ3) is 2.86. The summed E-state index contributed by atoms with van der Waals surface area (Å²) in [6.07, 6.45) is 6.88. The standard InChI is InChI=1S/C17H18ClN7O/c1-2-13(11-4-3-6-19-8-11)25-14-5-7-24(10-12(14)21-23-25)15-9-20-22-17(26)16(15)18/h3-4,6,8-9,13H,2,5,7,10H2,1H3,(H,22,26). The average Bonchev–Trinajstić information content (AvgIpc) is 3.09. The summed E-state index contributed by atoms with van der Waals surface area (Å²) in [6, 6.07) is 4.10. The molecule has 0 saturated heterocycles. The van der Waals surface area contributed by atoms with Crippen molar-refractivity contribution in [1.82, 2.24) is 30.2 Å². The topological polar surface area (TPSA) is 92.6 Å². The number of fused-ring (bicyclic) bond motifs is 1. The van der Waals surface area contributed by atoms with Crippen molar-refractivity contribution < 1.29 is 0 Å². The maximum absolute atomic E-state index is 11.7. The molecule has 3 aromatic rings. The second-order valence-corrected chi connectivity index (χ2v) is 6.59. The number of pyridine rings is 1. The van der Waals surface area contributed by atoms with Crippen molar-refractivity contribution in [2.24, 2.45) is 0 Å². The molecule has 1 atom stereocenters. The van der Waals surface area contributed by atoms with Gasteiger partial charge in [-0.3, -0.25) is 9.78 Å². The monoisotopic (exact) mass is 371 g/mol. The SMILES string of the molecule is CCC(c1cccnc1)n1nnc2c1CCN(c1cn[nH]c(=O)c1Cl)C2. The van der Waals surface area contributed by atoms with Crippen LogP contribution in [0.2, 0.25) is 5.02 Å². The number of H-pyrrole nitrogens is 1. The van der Waals surface area contributed by atoms with Crippen molar-refractivity contribution in [3.63, 3.8) is 0 Å². The number of rotatable bonds is 4. The Morgan fingerprint density at radius 2 is 2.27 bits per heavy atom. The van der Waals surface area contributed by atoms with Gasteiger partial charge >= 0.3 is 0 Å². The number of nitrogens with one attached hydrogen (secondary N) is 1. The molecule has 1 N–H and O–H groups in total. The van der Waals surface area contributed by atoms with Gasteiger partial charge in [-0.15, -0.1) is 5.10 Å². The van der Waals surface area contributed by atoms with Gasteiger partial charge in [0, 0.05) is 25.4 Å². The van der Waals surface area contributed by atoms with E-state index in [2.05, 4.69) is 38.5 Å². The number of hydrogen-bond donors (Lipinski definition) is 1. The molecule has 1 unspecified atom stereocenters. The van der Waals surface area contributed by atoms with E-state index in [4.69, 9.17) is 11.6 Å². The molecule has 0 spiro atoms. The van der Waals surface area contributed by atoms with Crippen LogP contribution in [0.1, 0.15) is 36.3 Å². The highest BCUT2D eigenvalue weighted by Gasteiger charge is 2.27. The molecule has 0 saturated carbocycles. The minimum atomic E-state index is -0.388. The zero-order chi connectivity index (χ0) is 18.1. The van der Waals surface area contributed by atoms with Crippen LogP contribution >= 0.6 is 11.6 Å². The molecule has 4 heterocycles. The Hall–Kier alpha value is -2.74. The lowest BCUT2D eigenvalue weighted by Gasteiger charge is -2.29. The van der Waals surface area contributed by atoms with E-state index in [1.165, 1.54) is 0 Å². The van der Waals surface area contributed by atoms with Crippen LogP contribution in [-0.2, 0) is 13.0 Å². The second kappa shape index (κ2) is 6.87. The number of aromatic amines is 1. The molecular weight excluding hydrogens is 354 g/mol. The molecule has 9 heteroatoms. The molecule has 0 aliphatic carbocycles. The van der Waals surface area contributed by atoms with Crippen molar-refractivity contribution in [2.75, 3.05) is 11.4 Å². The molecule has 1 aliphatic rings. The summed E-state index contributed by atoms with van der Waals surface area (Å²) in [4.78, 5) is 17.9. The Morgan fingerprint density at radius 3 is 3.04 bits per heavy atom. The van der Waals surface area contributed by atoms with Crippen molar-refractivity contribution >= 4 is 17.3 Å². The second-order valence-electron chi connectivity index (χ2n) is 6.21. The number of halogens is 1. The van der Waals surface area contributed by atoms with E-state index >= 15 is 0 Å². The van der Waals surface area contributed by atoms with Gasteiger partial charge in [0.1, 0.15) is 10.7 Å². The Labute approximate surface area is 154 Å². The van der Waals surface area contributed by atoms with Crippen molar-refractivity contribution in [3.05, 3.63) is 63.1 Å². The van der Waals surface area contributed by atoms with Crippen LogP contribution in [0.5, 0.6) is 0 Å². The molecule has 4 rings (SSSR count). The van der Waals surface area contributed by atoms with Crippen molar-refractivity contribution in [1.29, 1.82) is 0 Å². The van der Waals surface area contributed by atoms with Crippen LogP contribution in [0.25, 0.3) is 0 Å². The summed E-state index contributed by atoms with van der Waals surface area (Å²) in [5.41, 5.74) is 3.36. The van der Waals surface area contributed by atoms with Crippen LogP contribution in [0.4, 0.5) is 5.69 Å². The Kier molecular flexibility index (Phi) is 4.42. The van der Waals surface area contributed by atoms with E-state index in [9.17, 15) is 4.79 Å². The fourth-order valence-electron chi connectivity index (χ4n) is 3.40. The lowest BCUT2D eigenvalue weighted by atomic mass is 10.0. The third-order valence-corrected chi connectivity index (χ3v) is 5.06. The van der Waals surface area contributed by atoms with Crippen LogP contribution in [0, 0.1) is 0 Å². The number of hydrogen-bond acceptors (Lipinski definition) is 6. The molecule has 0 aromatic carbocycles. The Morgan fingerprint density at radius 1 is 1.38 bits per heavy atom. The summed E-state index contributed by atoms with van der Waals surface area (Å²) in [5, 5.41) is 15.1. The molecule has 0 radical (unpaired) electrons. The molecule has 26 heavy (non-hydrogen) atoms. The first kappa shape index (κ1) is 16.7. The molecule has 0 amide bonds. The van der Waals surface area contributed by atoms with Gasteiger partial charge in [0.15, 0.2) is 0 Å². The summed E-state index contributed by atoms with van der Waals surface area (Å²) in [7, 11) is 0. The van der Waals surface area contributed by atoms with Crippen LogP contribution < -0.4 is 10.5 Å². The van der Waals surface area contributed by atoms with E-state index in [0.717, 1.165) is 29.8 Å². The zero-order valence-corrected chi connectivity index (χ0v) is 15.0. The van der Waals surface area contributed by atoms with Gasteiger partial charge in [0.05, 0.1) is 30.2 Å². The molecule has 8 nitrogen and oxygen atoms in total. The van der Waals surface area contributed by atoms with E-state index in [1.54, 1.807) is 12.4 Å². The average molecular weight is 372 g/mol. The first-order chi connectivity index (χ1) is 12.7. The van der Waals surface area contributed by atoms with Gasteiger partial charge in [0.2, 0.25) is 0 Å². The minimum absolute atomic E-state index is 0.108. The predicted molar refractivity (Wildman–Crippen MR) is 97.3 cm³/mol. The molecule has 0 bridgehead atoms. The van der Waals surface area contributed by atoms with E-state index in [-0.39, 0.29) is 16.6 Å². The fraction of sp³-hybridized carbons (Fsp3) is 0.353. The smallest absolute Gasteiger partial charge is 0.285 e. The van der Waals surface area contributed by atoms with Gasteiger partial charge < -0.3 is 4.90 Å². The van der Waals surface area contributed by atoms with E-state index < -0.39 is 0 Å². The van der Waals surface area contributed by atoms with E-state index in [0.29, 0.717) is 18.8 Å². The summed E-state index contributed by atoms with van der Waals surface area (Å²) >= 11 is 6.14. The number of nitrogens with zero attached hydrogens (tertiary/aromatic N) is 6. The van der Waals surface area contributed by atoms with Crippen molar-refractivity contribution in [2.45, 2.75) is 32.4 Å². The maximum atomic E-state index is 11.7. The van der Waals surface area contributed by atoms with E-state index in [1.807, 2.05) is 21.8 Å². The summed E-state index contributed by atoms with van der Waals surface area (Å²) in [5.74, 6) is 0. The summed E-state index contributed by atoms with van der Waals surface area (Å²) in [6.45, 7) is 3.39. The molecule has 0 fully saturated rings. The van der Waals surface area contributed by atoms with Gasteiger partial charge in [-0.05, 0) is 18.1 Å². The van der Waals surface area contributed by atoms with Gasteiger partial charge in [-0.25, -0.2) is 9.78 Å². The molecule has 134 valence electrons. The van der Waals surface area contributed by atoms with Crippen molar-refractivity contribution in [3.8, 4) is 0 Å². The molecule has 3 aromatic heterocycles. The first-order valence-electron chi connectivity index (χ1n) is 8.50. The normalized spacial score (nSPS) is 14.9. The Bertz CT molecular complexity index is 969. The van der Waals surface area contributed by atoms with Crippen LogP contribution in [0.15, 0.2) is 35.5 Å². The number of anilines is 1. The highest BCUT2D eigenvalue weighted by molar-refractivity contribution is 6.32. The third-order valence-electron chi connectivity index (χ3n) is 4.70. The van der Waals surface area contributed by atoms with Gasteiger partial charge in [-0.1, -0.05) is 29.8 Å². The Balaban J connectivity index is 1.65. The van der Waals surface area contributed by atoms with Gasteiger partial charge in [0.25, 0.3) is 5.56 Å². The molecular formula is C17H18ClN7O. The molecule has 1 aliphatic heterocycles. The predicted octanol–water partition coefficient (Wildman–Crippen LogP) is 1.97. The lowest BCUT2D eigenvalue weighted by molar-refractivity contribution is 0.472. The van der Waals surface area contributed by atoms with Crippen LogP contribution in [0.3, 0.4) is 0 Å². The first-order valence-corrected chi connectivity index (χ1v) is 8.87. The minimum Gasteiger partial charge on any atom is -0.362 e. The highest BCUT2D eigenvalue weighted by atomic mass is 35.5. The highest BCUT2D eigenvalue weighted by Crippen LogP contribution is 2.29.